The third kappa shape index (κ3) is 3.93. The second kappa shape index (κ2) is 6.16. The van der Waals surface area contributed by atoms with Crippen molar-refractivity contribution in [3.63, 3.8) is 0 Å². The Kier molecular flexibility index (Phi) is 4.31. The van der Waals surface area contributed by atoms with Gasteiger partial charge in [0.1, 0.15) is 0 Å². The molecule has 0 aromatic heterocycles. The zero-order valence-electron chi connectivity index (χ0n) is 10.6. The van der Waals surface area contributed by atoms with Crippen molar-refractivity contribution in [2.24, 2.45) is 5.73 Å². The molecule has 3 N–H and O–H groups in total. The van der Waals surface area contributed by atoms with Crippen molar-refractivity contribution in [3.05, 3.63) is 60.2 Å². The highest BCUT2D eigenvalue weighted by Crippen LogP contribution is 2.19. The number of nitrogens with two attached hydrogens (primary N) is 1. The van der Waals surface area contributed by atoms with Gasteiger partial charge in [-0.05, 0) is 23.1 Å². The molecule has 0 radical (unpaired) electrons. The molecule has 2 aromatic carbocycles. The normalized spacial score (nSPS) is 12.1. The average molecular weight is 255 g/mol. The Labute approximate surface area is 112 Å². The number of amides is 1. The minimum atomic E-state index is -0.708. The lowest BCUT2D eigenvalue weighted by Crippen LogP contribution is -2.21. The van der Waals surface area contributed by atoms with Crippen LogP contribution >= 0.6 is 0 Å². The van der Waals surface area contributed by atoms with Crippen LogP contribution in [0.15, 0.2) is 54.6 Å². The number of carbonyl (C=O) groups is 1. The molecule has 1 atom stereocenters. The summed E-state index contributed by atoms with van der Waals surface area (Å²) in [7, 11) is 0. The smallest absolute Gasteiger partial charge is 0.220 e. The van der Waals surface area contributed by atoms with Crippen LogP contribution in [0.3, 0.4) is 0 Å². The molecule has 0 aliphatic rings. The van der Waals surface area contributed by atoms with Gasteiger partial charge in [0.25, 0.3) is 0 Å². The number of aliphatic hydroxyl groups excluding tert-OH is 1. The average Bonchev–Trinajstić information content (AvgIpc) is 2.39. The fourth-order valence-electron chi connectivity index (χ4n) is 2.04. The topological polar surface area (TPSA) is 63.3 Å². The molecule has 0 saturated carbocycles. The van der Waals surface area contributed by atoms with Gasteiger partial charge in [0.05, 0.1) is 12.5 Å². The first kappa shape index (κ1) is 13.3. The summed E-state index contributed by atoms with van der Waals surface area (Å²) in [5.41, 5.74) is 8.33. The molecule has 19 heavy (non-hydrogen) atoms. The fraction of sp³-hybridized carbons (Fsp3) is 0.188. The maximum Gasteiger partial charge on any atom is 0.220 e. The molecule has 3 nitrogen and oxygen atoms in total. The zero-order chi connectivity index (χ0) is 13.7. The molecule has 2 aromatic rings. The van der Waals surface area contributed by atoms with Crippen LogP contribution in [0.5, 0.6) is 0 Å². The summed E-state index contributed by atoms with van der Waals surface area (Å²) < 4.78 is 0. The van der Waals surface area contributed by atoms with Crippen molar-refractivity contribution in [1.29, 1.82) is 0 Å². The monoisotopic (exact) mass is 255 g/mol. The van der Waals surface area contributed by atoms with E-state index < -0.39 is 12.0 Å². The van der Waals surface area contributed by atoms with Crippen LogP contribution in [0.25, 0.3) is 11.1 Å². The van der Waals surface area contributed by atoms with Crippen LogP contribution in [-0.2, 0) is 11.2 Å². The highest BCUT2D eigenvalue weighted by molar-refractivity contribution is 5.74. The lowest BCUT2D eigenvalue weighted by Gasteiger charge is -2.09. The van der Waals surface area contributed by atoms with E-state index >= 15 is 0 Å². The zero-order valence-corrected chi connectivity index (χ0v) is 10.6. The summed E-state index contributed by atoms with van der Waals surface area (Å²) >= 11 is 0. The Morgan fingerprint density at radius 1 is 1.00 bits per heavy atom. The number of hydrogen-bond donors (Lipinski definition) is 2. The standard InChI is InChI=1S/C16H17NO2/c17-16(19)11-15(18)10-12-6-8-14(9-7-12)13-4-2-1-3-5-13/h1-9,15,18H,10-11H2,(H2,17,19)/t15-/m0/s1. The summed E-state index contributed by atoms with van der Waals surface area (Å²) in [6.45, 7) is 0. The van der Waals surface area contributed by atoms with E-state index in [1.807, 2.05) is 42.5 Å². The molecule has 0 aliphatic carbocycles. The van der Waals surface area contributed by atoms with E-state index in [1.54, 1.807) is 0 Å². The van der Waals surface area contributed by atoms with Gasteiger partial charge in [0.15, 0.2) is 0 Å². The molecule has 0 fully saturated rings. The third-order valence-electron chi connectivity index (χ3n) is 2.97. The van der Waals surface area contributed by atoms with E-state index in [1.165, 1.54) is 0 Å². The quantitative estimate of drug-likeness (QED) is 0.859. The van der Waals surface area contributed by atoms with Gasteiger partial charge in [-0.3, -0.25) is 4.79 Å². The van der Waals surface area contributed by atoms with Crippen LogP contribution in [0, 0.1) is 0 Å². The molecule has 0 unspecified atom stereocenters. The number of carbonyl (C=O) groups excluding carboxylic acids is 1. The summed E-state index contributed by atoms with van der Waals surface area (Å²) in [4.78, 5) is 10.7. The molecule has 0 heterocycles. The Balaban J connectivity index is 2.05. The van der Waals surface area contributed by atoms with Gasteiger partial charge in [0, 0.05) is 0 Å². The van der Waals surface area contributed by atoms with Crippen molar-refractivity contribution in [3.8, 4) is 11.1 Å². The number of primary amides is 1. The molecule has 0 bridgehead atoms. The van der Waals surface area contributed by atoms with Gasteiger partial charge in [0.2, 0.25) is 5.91 Å². The number of hydrogen-bond acceptors (Lipinski definition) is 2. The molecule has 0 spiro atoms. The third-order valence-corrected chi connectivity index (χ3v) is 2.97. The molecular formula is C16H17NO2. The second-order valence-corrected chi connectivity index (χ2v) is 4.59. The Hall–Kier alpha value is -2.13. The van der Waals surface area contributed by atoms with Crippen LogP contribution < -0.4 is 5.73 Å². The molecule has 98 valence electrons. The van der Waals surface area contributed by atoms with Gasteiger partial charge in [-0.15, -0.1) is 0 Å². The first-order valence-electron chi connectivity index (χ1n) is 6.26. The summed E-state index contributed by atoms with van der Waals surface area (Å²) in [5, 5.41) is 9.66. The van der Waals surface area contributed by atoms with Crippen molar-refractivity contribution < 1.29 is 9.90 Å². The largest absolute Gasteiger partial charge is 0.392 e. The number of rotatable bonds is 5. The van der Waals surface area contributed by atoms with E-state index in [9.17, 15) is 9.90 Å². The number of aliphatic hydroxyl groups is 1. The molecular weight excluding hydrogens is 238 g/mol. The predicted molar refractivity (Wildman–Crippen MR) is 75.4 cm³/mol. The van der Waals surface area contributed by atoms with E-state index in [0.717, 1.165) is 16.7 Å². The van der Waals surface area contributed by atoms with E-state index in [0.29, 0.717) is 6.42 Å². The van der Waals surface area contributed by atoms with Gasteiger partial charge in [-0.2, -0.15) is 0 Å². The Morgan fingerprint density at radius 3 is 2.16 bits per heavy atom. The maximum atomic E-state index is 10.7. The van der Waals surface area contributed by atoms with Crippen LogP contribution in [0.1, 0.15) is 12.0 Å². The van der Waals surface area contributed by atoms with E-state index in [-0.39, 0.29) is 6.42 Å². The molecule has 2 rings (SSSR count). The Bertz CT molecular complexity index is 534. The fourth-order valence-corrected chi connectivity index (χ4v) is 2.04. The Morgan fingerprint density at radius 2 is 1.58 bits per heavy atom. The van der Waals surface area contributed by atoms with Gasteiger partial charge in [-0.1, -0.05) is 54.6 Å². The van der Waals surface area contributed by atoms with Crippen LogP contribution in [0.4, 0.5) is 0 Å². The molecule has 3 heteroatoms. The van der Waals surface area contributed by atoms with Crippen molar-refractivity contribution in [1.82, 2.24) is 0 Å². The van der Waals surface area contributed by atoms with E-state index in [2.05, 4.69) is 12.1 Å². The first-order chi connectivity index (χ1) is 9.15. The minimum absolute atomic E-state index is 0.000433. The SMILES string of the molecule is NC(=O)C[C@@H](O)Cc1ccc(-c2ccccc2)cc1. The molecule has 0 aliphatic heterocycles. The number of benzene rings is 2. The van der Waals surface area contributed by atoms with Crippen LogP contribution in [-0.4, -0.2) is 17.1 Å². The van der Waals surface area contributed by atoms with Gasteiger partial charge < -0.3 is 10.8 Å². The highest BCUT2D eigenvalue weighted by Gasteiger charge is 2.09. The predicted octanol–water partition coefficient (Wildman–Crippen LogP) is 2.13. The van der Waals surface area contributed by atoms with E-state index in [4.69, 9.17) is 5.73 Å². The lowest BCUT2D eigenvalue weighted by atomic mass is 10.0. The van der Waals surface area contributed by atoms with Crippen molar-refractivity contribution in [2.45, 2.75) is 18.9 Å². The second-order valence-electron chi connectivity index (χ2n) is 4.59. The summed E-state index contributed by atoms with van der Waals surface area (Å²) in [6.07, 6.45) is -0.265. The maximum absolute atomic E-state index is 10.7. The van der Waals surface area contributed by atoms with Crippen molar-refractivity contribution >= 4 is 5.91 Å². The minimum Gasteiger partial charge on any atom is -0.392 e. The highest BCUT2D eigenvalue weighted by atomic mass is 16.3. The lowest BCUT2D eigenvalue weighted by molar-refractivity contribution is -0.119. The van der Waals surface area contributed by atoms with Gasteiger partial charge in [-0.25, -0.2) is 0 Å². The summed E-state index contributed by atoms with van der Waals surface area (Å²) in [6, 6.07) is 18.0. The summed E-state index contributed by atoms with van der Waals surface area (Å²) in [5.74, 6) is -0.478. The van der Waals surface area contributed by atoms with Gasteiger partial charge >= 0.3 is 0 Å². The first-order valence-corrected chi connectivity index (χ1v) is 6.26. The molecule has 0 saturated heterocycles. The molecule has 1 amide bonds. The van der Waals surface area contributed by atoms with Crippen LogP contribution in [0.2, 0.25) is 0 Å². The van der Waals surface area contributed by atoms with Crippen molar-refractivity contribution in [2.75, 3.05) is 0 Å².